The number of para-hydroxylation sites is 1. The number of carbonyl (C=O) groups excluding carboxylic acids is 2. The van der Waals surface area contributed by atoms with E-state index in [0.717, 1.165) is 0 Å². The van der Waals surface area contributed by atoms with E-state index >= 15 is 0 Å². The monoisotopic (exact) mass is 442 g/mol. The summed E-state index contributed by atoms with van der Waals surface area (Å²) in [5, 5.41) is 21.4. The molecular formula is C21H22N4O7. The number of nitrogens with zero attached hydrogens (tertiary/aromatic N) is 3. The number of rotatable bonds is 8. The average molecular weight is 442 g/mol. The molecule has 2 aromatic rings. The zero-order chi connectivity index (χ0) is 23.7. The highest BCUT2D eigenvalue weighted by Gasteiger charge is 2.19. The normalized spacial score (nSPS) is 11.7. The number of amides is 1. The number of carbonyl (C=O) groups is 2. The molecule has 0 fully saturated rings. The second-order valence-electron chi connectivity index (χ2n) is 6.56. The van der Waals surface area contributed by atoms with E-state index in [-0.39, 0.29) is 28.6 Å². The zero-order valence-corrected chi connectivity index (χ0v) is 17.9. The molecule has 1 N–H and O–H groups in total. The number of non-ortho nitro benzene ring substituents is 1. The van der Waals surface area contributed by atoms with Crippen molar-refractivity contribution in [3.05, 3.63) is 70.1 Å². The van der Waals surface area contributed by atoms with Gasteiger partial charge in [-0.2, -0.15) is 0 Å². The Balaban J connectivity index is 2.39. The molecule has 1 amide bonds. The molecule has 0 aliphatic rings. The minimum Gasteiger partial charge on any atom is -0.494 e. The molecule has 0 heterocycles. The molecule has 2 rings (SSSR count). The number of methoxy groups -OCH3 is 1. The number of ether oxygens (including phenoxy) is 3. The van der Waals surface area contributed by atoms with Crippen LogP contribution in [0.1, 0.15) is 20.8 Å². The van der Waals surface area contributed by atoms with Gasteiger partial charge in [0, 0.05) is 11.8 Å². The van der Waals surface area contributed by atoms with Gasteiger partial charge in [0.15, 0.2) is 11.4 Å². The third-order valence-corrected chi connectivity index (χ3v) is 3.78. The van der Waals surface area contributed by atoms with Gasteiger partial charge in [-0.1, -0.05) is 18.2 Å². The summed E-state index contributed by atoms with van der Waals surface area (Å²) in [4.78, 5) is 35.0. The smallest absolute Gasteiger partial charge is 0.494 e. The lowest BCUT2D eigenvalue weighted by molar-refractivity contribution is -0.384. The van der Waals surface area contributed by atoms with Gasteiger partial charge in [0.1, 0.15) is 11.4 Å². The van der Waals surface area contributed by atoms with Crippen LogP contribution in [0.4, 0.5) is 21.9 Å². The van der Waals surface area contributed by atoms with E-state index in [0.29, 0.717) is 5.69 Å². The maximum absolute atomic E-state index is 12.8. The van der Waals surface area contributed by atoms with Crippen molar-refractivity contribution in [3.8, 4) is 5.75 Å². The van der Waals surface area contributed by atoms with Crippen molar-refractivity contribution in [2.45, 2.75) is 26.9 Å². The van der Waals surface area contributed by atoms with Gasteiger partial charge in [-0.25, -0.2) is 4.79 Å². The molecule has 2 aromatic carbocycles. The first-order chi connectivity index (χ1) is 15.2. The molecule has 0 aliphatic heterocycles. The Kier molecular flexibility index (Phi) is 8.40. The number of azo groups is 1. The fraction of sp³-hybridized carbons (Fsp3) is 0.238. The summed E-state index contributed by atoms with van der Waals surface area (Å²) in [6.45, 7) is 4.64. The molecule has 32 heavy (non-hydrogen) atoms. The van der Waals surface area contributed by atoms with Crippen molar-refractivity contribution in [2.24, 2.45) is 10.2 Å². The summed E-state index contributed by atoms with van der Waals surface area (Å²) in [5.74, 6) is -0.784. The lowest BCUT2D eigenvalue weighted by Gasteiger charge is -2.11. The fourth-order valence-corrected chi connectivity index (χ4v) is 2.34. The van der Waals surface area contributed by atoms with Crippen LogP contribution in [0.25, 0.3) is 0 Å². The molecule has 0 aliphatic carbocycles. The fourth-order valence-electron chi connectivity index (χ4n) is 2.34. The quantitative estimate of drug-likeness (QED) is 0.149. The minimum absolute atomic E-state index is 0.0727. The molecule has 0 radical (unpaired) electrons. The predicted molar refractivity (Wildman–Crippen MR) is 115 cm³/mol. The Labute approximate surface area is 183 Å². The van der Waals surface area contributed by atoms with Crippen molar-refractivity contribution in [1.82, 2.24) is 0 Å². The lowest BCUT2D eigenvalue weighted by Crippen LogP contribution is -2.18. The number of nitrogens with one attached hydrogen (secondary N) is 1. The van der Waals surface area contributed by atoms with Gasteiger partial charge in [0.05, 0.1) is 24.2 Å². The number of hydrogen-bond acceptors (Lipinski definition) is 9. The Bertz CT molecular complexity index is 1050. The molecule has 0 bridgehead atoms. The summed E-state index contributed by atoms with van der Waals surface area (Å²) in [5.41, 5.74) is 0.0978. The molecule has 0 spiro atoms. The molecule has 0 atom stereocenters. The van der Waals surface area contributed by atoms with Gasteiger partial charge < -0.3 is 19.5 Å². The average Bonchev–Trinajstić information content (AvgIpc) is 2.73. The second kappa shape index (κ2) is 11.2. The van der Waals surface area contributed by atoms with Crippen LogP contribution < -0.4 is 10.1 Å². The van der Waals surface area contributed by atoms with Crippen molar-refractivity contribution in [3.63, 3.8) is 0 Å². The Morgan fingerprint density at radius 3 is 2.41 bits per heavy atom. The third kappa shape index (κ3) is 6.90. The highest BCUT2D eigenvalue weighted by Crippen LogP contribution is 2.32. The molecule has 168 valence electrons. The Morgan fingerprint density at radius 2 is 1.81 bits per heavy atom. The maximum atomic E-state index is 12.8. The van der Waals surface area contributed by atoms with Crippen molar-refractivity contribution in [2.75, 3.05) is 12.4 Å². The van der Waals surface area contributed by atoms with Gasteiger partial charge in [0.2, 0.25) is 0 Å². The van der Waals surface area contributed by atoms with Crippen LogP contribution in [0.15, 0.2) is 70.2 Å². The first-order valence-electron chi connectivity index (χ1n) is 9.41. The molecule has 11 nitrogen and oxygen atoms in total. The van der Waals surface area contributed by atoms with Crippen LogP contribution >= 0.6 is 0 Å². The summed E-state index contributed by atoms with van der Waals surface area (Å²) >= 11 is 0. The first kappa shape index (κ1) is 24.0. The third-order valence-electron chi connectivity index (χ3n) is 3.78. The number of benzene rings is 2. The topological polar surface area (TPSA) is 142 Å². The van der Waals surface area contributed by atoms with E-state index in [9.17, 15) is 19.7 Å². The zero-order valence-electron chi connectivity index (χ0n) is 17.9. The SMILES string of the molecule is COc1cc([N+](=O)[O-])ccc1/N=N\C(C(=O)Nc1ccccc1)=C(/C)OC(=O)OC(C)C. The van der Waals surface area contributed by atoms with E-state index in [1.807, 2.05) is 0 Å². The molecule has 0 aromatic heterocycles. The second-order valence-corrected chi connectivity index (χ2v) is 6.56. The van der Waals surface area contributed by atoms with Gasteiger partial charge >= 0.3 is 6.16 Å². The standard InChI is InChI=1S/C21H22N4O7/c1-13(2)31-21(27)32-14(3)19(20(26)22-15-8-6-5-7-9-15)24-23-17-11-10-16(25(28)29)12-18(17)30-4/h5-13H,1-4H3,(H,22,26)/b19-14+,24-23-. The van der Waals surface area contributed by atoms with Gasteiger partial charge in [-0.05, 0) is 39.0 Å². The maximum Gasteiger partial charge on any atom is 0.513 e. The minimum atomic E-state index is -1.01. The lowest BCUT2D eigenvalue weighted by atomic mass is 10.2. The Morgan fingerprint density at radius 1 is 1.12 bits per heavy atom. The van der Waals surface area contributed by atoms with Crippen molar-refractivity contribution >= 4 is 29.1 Å². The van der Waals surface area contributed by atoms with Crippen LogP contribution in [0.2, 0.25) is 0 Å². The van der Waals surface area contributed by atoms with Gasteiger partial charge in [-0.15, -0.1) is 10.2 Å². The molecule has 0 saturated heterocycles. The number of nitro groups is 1. The van der Waals surface area contributed by atoms with E-state index in [1.54, 1.807) is 44.2 Å². The van der Waals surface area contributed by atoms with E-state index in [4.69, 9.17) is 14.2 Å². The van der Waals surface area contributed by atoms with E-state index in [2.05, 4.69) is 15.5 Å². The molecule has 0 saturated carbocycles. The first-order valence-corrected chi connectivity index (χ1v) is 9.41. The van der Waals surface area contributed by atoms with Crippen molar-refractivity contribution < 1.29 is 28.7 Å². The summed E-state index contributed by atoms with van der Waals surface area (Å²) < 4.78 is 15.1. The summed E-state index contributed by atoms with van der Waals surface area (Å²) in [7, 11) is 1.31. The predicted octanol–water partition coefficient (Wildman–Crippen LogP) is 5.12. The molecule has 0 unspecified atom stereocenters. The van der Waals surface area contributed by atoms with Crippen LogP contribution in [0.5, 0.6) is 5.75 Å². The van der Waals surface area contributed by atoms with E-state index in [1.165, 1.54) is 32.2 Å². The van der Waals surface area contributed by atoms with Gasteiger partial charge in [-0.3, -0.25) is 14.9 Å². The number of anilines is 1. The van der Waals surface area contributed by atoms with Crippen LogP contribution in [-0.4, -0.2) is 30.2 Å². The number of allylic oxidation sites excluding steroid dienone is 1. The highest BCUT2D eigenvalue weighted by molar-refractivity contribution is 6.03. The highest BCUT2D eigenvalue weighted by atomic mass is 16.7. The number of hydrogen-bond donors (Lipinski definition) is 1. The number of nitro benzene ring substituents is 1. The molecule has 11 heteroatoms. The largest absolute Gasteiger partial charge is 0.513 e. The Hall–Kier alpha value is -4.28. The molecular weight excluding hydrogens is 420 g/mol. The van der Waals surface area contributed by atoms with Gasteiger partial charge in [0.25, 0.3) is 11.6 Å². The van der Waals surface area contributed by atoms with Crippen LogP contribution in [0, 0.1) is 10.1 Å². The summed E-state index contributed by atoms with van der Waals surface area (Å²) in [6, 6.07) is 12.3. The van der Waals surface area contributed by atoms with E-state index < -0.39 is 23.1 Å². The summed E-state index contributed by atoms with van der Waals surface area (Å²) in [6.07, 6.45) is -1.44. The van der Waals surface area contributed by atoms with Crippen LogP contribution in [0.3, 0.4) is 0 Å². The van der Waals surface area contributed by atoms with Crippen LogP contribution in [-0.2, 0) is 14.3 Å². The van der Waals surface area contributed by atoms with Crippen molar-refractivity contribution in [1.29, 1.82) is 0 Å².